The fourth-order valence-corrected chi connectivity index (χ4v) is 2.84. The maximum Gasteiger partial charge on any atom is 0.0348 e. The first-order valence-electron chi connectivity index (χ1n) is 6.07. The third-order valence-electron chi connectivity index (χ3n) is 2.89. The van der Waals surface area contributed by atoms with Crippen LogP contribution in [0, 0.1) is 13.8 Å². The third-order valence-corrected chi connectivity index (χ3v) is 3.92. The zero-order valence-electron chi connectivity index (χ0n) is 10.7. The van der Waals surface area contributed by atoms with Gasteiger partial charge in [0.2, 0.25) is 0 Å². The quantitative estimate of drug-likeness (QED) is 0.853. The molecule has 1 aromatic carbocycles. The van der Waals surface area contributed by atoms with Crippen molar-refractivity contribution in [2.24, 2.45) is 0 Å². The van der Waals surface area contributed by atoms with Gasteiger partial charge in [-0.1, -0.05) is 19.1 Å². The van der Waals surface area contributed by atoms with Gasteiger partial charge in [0.1, 0.15) is 0 Å². The van der Waals surface area contributed by atoms with Crippen molar-refractivity contribution in [3.63, 3.8) is 0 Å². The van der Waals surface area contributed by atoms with Gasteiger partial charge in [0.25, 0.3) is 0 Å². The number of rotatable bonds is 4. The molecule has 90 valence electrons. The number of benzene rings is 1. The minimum absolute atomic E-state index is 0.953. The number of nitrogens with one attached hydrogen (secondary N) is 1. The number of thiophene rings is 1. The fraction of sp³-hybridized carbons (Fsp3) is 0.333. The Labute approximate surface area is 108 Å². The van der Waals surface area contributed by atoms with Gasteiger partial charge >= 0.3 is 0 Å². The van der Waals surface area contributed by atoms with E-state index in [9.17, 15) is 0 Å². The van der Waals surface area contributed by atoms with Crippen molar-refractivity contribution >= 4 is 11.3 Å². The average Bonchev–Trinajstić information content (AvgIpc) is 2.75. The molecular formula is C15H19NS. The van der Waals surface area contributed by atoms with Crippen molar-refractivity contribution in [2.45, 2.75) is 27.3 Å². The maximum atomic E-state index is 3.37. The zero-order chi connectivity index (χ0) is 12.3. The molecule has 0 aliphatic carbocycles. The van der Waals surface area contributed by atoms with Gasteiger partial charge in [-0.2, -0.15) is 0 Å². The molecular weight excluding hydrogens is 226 g/mol. The van der Waals surface area contributed by atoms with Crippen LogP contribution in [0.15, 0.2) is 30.3 Å². The molecule has 0 fully saturated rings. The molecule has 2 aromatic rings. The summed E-state index contributed by atoms with van der Waals surface area (Å²) in [5.74, 6) is 0. The Morgan fingerprint density at radius 1 is 1.12 bits per heavy atom. The van der Waals surface area contributed by atoms with Crippen LogP contribution in [-0.4, -0.2) is 6.54 Å². The molecule has 0 radical (unpaired) electrons. The van der Waals surface area contributed by atoms with E-state index in [2.05, 4.69) is 56.4 Å². The second-order valence-corrected chi connectivity index (χ2v) is 5.63. The Bertz CT molecular complexity index is 499. The summed E-state index contributed by atoms with van der Waals surface area (Å²) in [4.78, 5) is 2.75. The Morgan fingerprint density at radius 3 is 2.59 bits per heavy atom. The molecule has 1 nitrogen and oxygen atoms in total. The van der Waals surface area contributed by atoms with E-state index in [-0.39, 0.29) is 0 Å². The first kappa shape index (κ1) is 12.3. The van der Waals surface area contributed by atoms with E-state index in [4.69, 9.17) is 0 Å². The Kier molecular flexibility index (Phi) is 3.97. The molecule has 17 heavy (non-hydrogen) atoms. The zero-order valence-corrected chi connectivity index (χ0v) is 11.5. The van der Waals surface area contributed by atoms with Crippen LogP contribution in [-0.2, 0) is 6.54 Å². The molecule has 0 atom stereocenters. The predicted octanol–water partition coefficient (Wildman–Crippen LogP) is 4.14. The van der Waals surface area contributed by atoms with Gasteiger partial charge in [-0.3, -0.25) is 0 Å². The first-order valence-corrected chi connectivity index (χ1v) is 6.89. The summed E-state index contributed by atoms with van der Waals surface area (Å²) < 4.78 is 0. The highest BCUT2D eigenvalue weighted by Gasteiger charge is 2.05. The van der Waals surface area contributed by atoms with Crippen molar-refractivity contribution < 1.29 is 0 Å². The number of hydrogen-bond acceptors (Lipinski definition) is 2. The summed E-state index contributed by atoms with van der Waals surface area (Å²) in [6, 6.07) is 11.2. The van der Waals surface area contributed by atoms with Crippen molar-refractivity contribution in [1.82, 2.24) is 5.32 Å². The average molecular weight is 245 g/mol. The fourth-order valence-electron chi connectivity index (χ4n) is 1.89. The second kappa shape index (κ2) is 5.48. The van der Waals surface area contributed by atoms with E-state index in [1.165, 1.54) is 26.4 Å². The van der Waals surface area contributed by atoms with E-state index in [1.807, 2.05) is 11.3 Å². The molecule has 0 aliphatic heterocycles. The topological polar surface area (TPSA) is 12.0 Å². The van der Waals surface area contributed by atoms with Gasteiger partial charge < -0.3 is 5.32 Å². The molecule has 1 N–H and O–H groups in total. The van der Waals surface area contributed by atoms with Crippen LogP contribution < -0.4 is 5.32 Å². The first-order chi connectivity index (χ1) is 8.20. The van der Waals surface area contributed by atoms with Crippen LogP contribution in [0.1, 0.15) is 22.9 Å². The van der Waals surface area contributed by atoms with Crippen LogP contribution in [0.5, 0.6) is 0 Å². The minimum Gasteiger partial charge on any atom is -0.313 e. The summed E-state index contributed by atoms with van der Waals surface area (Å²) in [6.07, 6.45) is 0. The highest BCUT2D eigenvalue weighted by Crippen LogP contribution is 2.30. The van der Waals surface area contributed by atoms with E-state index in [0.717, 1.165) is 13.1 Å². The molecule has 0 saturated carbocycles. The lowest BCUT2D eigenvalue weighted by molar-refractivity contribution is 0.727. The predicted molar refractivity (Wildman–Crippen MR) is 76.6 cm³/mol. The van der Waals surface area contributed by atoms with Crippen LogP contribution in [0.25, 0.3) is 10.4 Å². The van der Waals surface area contributed by atoms with Gasteiger partial charge in [-0.25, -0.2) is 0 Å². The molecule has 0 bridgehead atoms. The smallest absolute Gasteiger partial charge is 0.0348 e. The molecule has 0 aliphatic rings. The number of hydrogen-bond donors (Lipinski definition) is 1. The lowest BCUT2D eigenvalue weighted by atomic mass is 10.0. The lowest BCUT2D eigenvalue weighted by Crippen LogP contribution is -2.11. The van der Waals surface area contributed by atoms with E-state index >= 15 is 0 Å². The van der Waals surface area contributed by atoms with Crippen molar-refractivity contribution in [3.8, 4) is 10.4 Å². The summed E-state index contributed by atoms with van der Waals surface area (Å²) in [7, 11) is 0. The summed E-state index contributed by atoms with van der Waals surface area (Å²) in [5.41, 5.74) is 4.09. The normalized spacial score (nSPS) is 10.8. The molecule has 0 saturated heterocycles. The highest BCUT2D eigenvalue weighted by molar-refractivity contribution is 7.15. The molecule has 1 heterocycles. The van der Waals surface area contributed by atoms with Crippen molar-refractivity contribution in [2.75, 3.05) is 6.54 Å². The highest BCUT2D eigenvalue weighted by atomic mass is 32.1. The third kappa shape index (κ3) is 2.96. The van der Waals surface area contributed by atoms with Crippen LogP contribution in [0.4, 0.5) is 0 Å². The Hall–Kier alpha value is -1.12. The Balaban J connectivity index is 2.32. The van der Waals surface area contributed by atoms with E-state index < -0.39 is 0 Å². The van der Waals surface area contributed by atoms with Gasteiger partial charge in [0.15, 0.2) is 0 Å². The molecule has 0 spiro atoms. The van der Waals surface area contributed by atoms with Crippen LogP contribution in [0.2, 0.25) is 0 Å². The Morgan fingerprint density at radius 2 is 1.94 bits per heavy atom. The standard InChI is InChI=1S/C15H19NS/c1-4-16-10-13-7-5-11(2)14(9-13)15-8-6-12(3)17-15/h5-9,16H,4,10H2,1-3H3. The van der Waals surface area contributed by atoms with Gasteiger partial charge in [-0.05, 0) is 55.3 Å². The van der Waals surface area contributed by atoms with Crippen molar-refractivity contribution in [3.05, 3.63) is 46.3 Å². The van der Waals surface area contributed by atoms with E-state index in [0.29, 0.717) is 0 Å². The van der Waals surface area contributed by atoms with Gasteiger partial charge in [0.05, 0.1) is 0 Å². The van der Waals surface area contributed by atoms with E-state index in [1.54, 1.807) is 0 Å². The van der Waals surface area contributed by atoms with Crippen LogP contribution >= 0.6 is 11.3 Å². The molecule has 2 heteroatoms. The van der Waals surface area contributed by atoms with Crippen molar-refractivity contribution in [1.29, 1.82) is 0 Å². The lowest BCUT2D eigenvalue weighted by Gasteiger charge is -2.08. The monoisotopic (exact) mass is 245 g/mol. The second-order valence-electron chi connectivity index (χ2n) is 4.34. The maximum absolute atomic E-state index is 3.37. The SMILES string of the molecule is CCNCc1ccc(C)c(-c2ccc(C)s2)c1. The number of aryl methyl sites for hydroxylation is 2. The largest absolute Gasteiger partial charge is 0.313 e. The summed E-state index contributed by atoms with van der Waals surface area (Å²) >= 11 is 1.87. The minimum atomic E-state index is 0.953. The van der Waals surface area contributed by atoms with Gasteiger partial charge in [-0.15, -0.1) is 11.3 Å². The summed E-state index contributed by atoms with van der Waals surface area (Å²) in [5, 5.41) is 3.37. The summed E-state index contributed by atoms with van der Waals surface area (Å²) in [6.45, 7) is 8.45. The van der Waals surface area contributed by atoms with Crippen LogP contribution in [0.3, 0.4) is 0 Å². The molecule has 2 rings (SSSR count). The molecule has 0 unspecified atom stereocenters. The molecule has 1 aromatic heterocycles. The van der Waals surface area contributed by atoms with Gasteiger partial charge in [0, 0.05) is 16.3 Å². The molecule has 0 amide bonds.